The Bertz CT molecular complexity index is 3840. The van der Waals surface area contributed by atoms with E-state index in [0.29, 0.717) is 0 Å². The molecule has 1 heteroatoms. The van der Waals surface area contributed by atoms with Gasteiger partial charge in [0, 0.05) is 16.9 Å². The van der Waals surface area contributed by atoms with Crippen molar-refractivity contribution in [3.63, 3.8) is 0 Å². The lowest BCUT2D eigenvalue weighted by Gasteiger charge is -2.35. The Morgan fingerprint density at radius 2 is 0.694 bits per heavy atom. The molecule has 0 aliphatic heterocycles. The third kappa shape index (κ3) is 7.34. The van der Waals surface area contributed by atoms with Crippen LogP contribution in [0.15, 0.2) is 297 Å². The van der Waals surface area contributed by atoms with Crippen molar-refractivity contribution in [2.75, 3.05) is 4.90 Å². The van der Waals surface area contributed by atoms with Crippen LogP contribution in [0.5, 0.6) is 0 Å². The summed E-state index contributed by atoms with van der Waals surface area (Å²) in [4.78, 5) is 2.50. The van der Waals surface area contributed by atoms with Crippen molar-refractivity contribution in [2.45, 2.75) is 5.41 Å². The van der Waals surface area contributed by atoms with Gasteiger partial charge in [-0.05, 0) is 131 Å². The number of fused-ring (bicyclic) bond motifs is 4. The number of nitrogens with zero attached hydrogens (tertiary/aromatic N) is 1. The molecule has 0 radical (unpaired) electrons. The van der Waals surface area contributed by atoms with Gasteiger partial charge in [0.1, 0.15) is 0 Å². The van der Waals surface area contributed by atoms with Crippen LogP contribution in [0.3, 0.4) is 0 Å². The highest BCUT2D eigenvalue weighted by Crippen LogP contribution is 2.58. The average molecular weight is 916 g/mol. The summed E-state index contributed by atoms with van der Waals surface area (Å²) in [6.45, 7) is 0. The summed E-state index contributed by atoms with van der Waals surface area (Å²) in [5.74, 6) is 0. The van der Waals surface area contributed by atoms with Crippen LogP contribution >= 0.6 is 0 Å². The summed E-state index contributed by atoms with van der Waals surface area (Å²) in [7, 11) is 0. The predicted octanol–water partition coefficient (Wildman–Crippen LogP) is 19.0. The van der Waals surface area contributed by atoms with Crippen LogP contribution < -0.4 is 4.90 Å². The molecule has 0 saturated carbocycles. The first-order valence-electron chi connectivity index (χ1n) is 24.9. The van der Waals surface area contributed by atoms with E-state index >= 15 is 0 Å². The molecule has 0 atom stereocenters. The minimum atomic E-state index is -0.562. The van der Waals surface area contributed by atoms with Crippen LogP contribution in [0.4, 0.5) is 17.1 Å². The highest BCUT2D eigenvalue weighted by Gasteiger charge is 2.46. The summed E-state index contributed by atoms with van der Waals surface area (Å²) in [5, 5.41) is 2.50. The normalized spacial score (nSPS) is 12.3. The maximum absolute atomic E-state index is 2.50. The zero-order valence-electron chi connectivity index (χ0n) is 39.7. The zero-order valence-corrected chi connectivity index (χ0v) is 39.7. The quantitative estimate of drug-likeness (QED) is 0.132. The van der Waals surface area contributed by atoms with Gasteiger partial charge >= 0.3 is 0 Å². The molecular formula is C71H49N. The fraction of sp³-hybridized carbons (Fsp3) is 0.0141. The minimum absolute atomic E-state index is 0.562. The van der Waals surface area contributed by atoms with Gasteiger partial charge in [0.25, 0.3) is 0 Å². The van der Waals surface area contributed by atoms with Crippen molar-refractivity contribution >= 4 is 27.8 Å². The summed E-state index contributed by atoms with van der Waals surface area (Å²) in [5.41, 5.74) is 22.0. The van der Waals surface area contributed by atoms with E-state index in [2.05, 4.69) is 302 Å². The Kier molecular flexibility index (Phi) is 10.8. The van der Waals surface area contributed by atoms with Crippen LogP contribution in [0, 0.1) is 0 Å². The van der Waals surface area contributed by atoms with E-state index in [4.69, 9.17) is 0 Å². The standard InChI is InChI=1S/C71H49N/c1-5-21-54(22-6-1)62-30-15-16-32-66(62)70-63(55-23-7-2-8-24-55)33-19-35-69(70)72(60-44-42-52(43-45-60)51-36-38-53(39-37-51)57-41-40-50-20-13-14-25-56(50)48-57)61-46-47-65-64-31-17-18-34-67(64)71(68(65)49-61,58-26-9-3-10-27-58)59-28-11-4-12-29-59/h1-49H. The lowest BCUT2D eigenvalue weighted by Crippen LogP contribution is -2.28. The molecule has 1 aliphatic rings. The maximum atomic E-state index is 2.50. The molecular weight excluding hydrogens is 867 g/mol. The molecule has 0 spiro atoms. The number of rotatable bonds is 10. The van der Waals surface area contributed by atoms with E-state index in [1.165, 1.54) is 83.1 Å². The molecule has 338 valence electrons. The van der Waals surface area contributed by atoms with Gasteiger partial charge in [-0.15, -0.1) is 0 Å². The molecule has 72 heavy (non-hydrogen) atoms. The molecule has 12 aromatic carbocycles. The Balaban J connectivity index is 1.03. The van der Waals surface area contributed by atoms with Gasteiger partial charge in [-0.3, -0.25) is 0 Å². The fourth-order valence-electron chi connectivity index (χ4n) is 11.5. The lowest BCUT2D eigenvalue weighted by molar-refractivity contribution is 0.768. The summed E-state index contributed by atoms with van der Waals surface area (Å²) >= 11 is 0. The second-order valence-electron chi connectivity index (χ2n) is 18.8. The predicted molar refractivity (Wildman–Crippen MR) is 303 cm³/mol. The van der Waals surface area contributed by atoms with Crippen molar-refractivity contribution in [1.29, 1.82) is 0 Å². The van der Waals surface area contributed by atoms with Crippen LogP contribution in [-0.2, 0) is 5.41 Å². The largest absolute Gasteiger partial charge is 0.310 e. The van der Waals surface area contributed by atoms with E-state index in [1.54, 1.807) is 0 Å². The van der Waals surface area contributed by atoms with Gasteiger partial charge in [-0.25, -0.2) is 0 Å². The van der Waals surface area contributed by atoms with Crippen molar-refractivity contribution in [3.05, 3.63) is 320 Å². The highest BCUT2D eigenvalue weighted by molar-refractivity contribution is 6.02. The van der Waals surface area contributed by atoms with Gasteiger partial charge in [-0.2, -0.15) is 0 Å². The third-order valence-electron chi connectivity index (χ3n) is 14.8. The SMILES string of the molecule is c1ccc(-c2ccccc2-c2c(-c3ccccc3)cccc2N(c2ccc(-c3ccc(-c4ccc5ccccc5c4)cc3)cc2)c2ccc3c(c2)C(c2ccccc2)(c2ccccc2)c2ccccc2-3)cc1. The lowest BCUT2D eigenvalue weighted by atomic mass is 9.67. The Morgan fingerprint density at radius 1 is 0.236 bits per heavy atom. The van der Waals surface area contributed by atoms with E-state index in [1.807, 2.05) is 0 Å². The van der Waals surface area contributed by atoms with Gasteiger partial charge in [0.15, 0.2) is 0 Å². The molecule has 0 saturated heterocycles. The second-order valence-corrected chi connectivity index (χ2v) is 18.8. The first kappa shape index (κ1) is 42.8. The Morgan fingerprint density at radius 3 is 1.35 bits per heavy atom. The molecule has 0 amide bonds. The smallest absolute Gasteiger partial charge is 0.0714 e. The second kappa shape index (κ2) is 18.2. The average Bonchev–Trinajstić information content (AvgIpc) is 3.76. The Labute approximate surface area is 422 Å². The first-order chi connectivity index (χ1) is 35.7. The van der Waals surface area contributed by atoms with Gasteiger partial charge < -0.3 is 4.90 Å². The molecule has 13 rings (SSSR count). The van der Waals surface area contributed by atoms with E-state index in [9.17, 15) is 0 Å². The van der Waals surface area contributed by atoms with Crippen molar-refractivity contribution in [1.82, 2.24) is 0 Å². The van der Waals surface area contributed by atoms with Crippen LogP contribution in [-0.4, -0.2) is 0 Å². The van der Waals surface area contributed by atoms with Crippen LogP contribution in [0.25, 0.3) is 77.5 Å². The maximum Gasteiger partial charge on any atom is 0.0714 e. The summed E-state index contributed by atoms with van der Waals surface area (Å²) < 4.78 is 0. The van der Waals surface area contributed by atoms with Crippen LogP contribution in [0.1, 0.15) is 22.3 Å². The van der Waals surface area contributed by atoms with Crippen molar-refractivity contribution < 1.29 is 0 Å². The molecule has 1 nitrogen and oxygen atoms in total. The fourth-order valence-corrected chi connectivity index (χ4v) is 11.5. The molecule has 0 N–H and O–H groups in total. The summed E-state index contributed by atoms with van der Waals surface area (Å²) in [6.07, 6.45) is 0. The molecule has 0 heterocycles. The molecule has 1 aliphatic carbocycles. The minimum Gasteiger partial charge on any atom is -0.310 e. The Hall–Kier alpha value is -9.30. The topological polar surface area (TPSA) is 3.24 Å². The first-order valence-corrected chi connectivity index (χ1v) is 24.9. The van der Waals surface area contributed by atoms with Crippen molar-refractivity contribution in [3.8, 4) is 66.8 Å². The number of anilines is 3. The molecule has 0 aromatic heterocycles. The zero-order chi connectivity index (χ0) is 47.8. The van der Waals surface area contributed by atoms with Gasteiger partial charge in [0.05, 0.1) is 11.1 Å². The molecule has 0 bridgehead atoms. The summed E-state index contributed by atoms with van der Waals surface area (Å²) in [6, 6.07) is 109. The number of hydrogen-bond acceptors (Lipinski definition) is 1. The number of hydrogen-bond donors (Lipinski definition) is 0. The monoisotopic (exact) mass is 915 g/mol. The van der Waals surface area contributed by atoms with E-state index in [-0.39, 0.29) is 0 Å². The molecule has 12 aromatic rings. The highest BCUT2D eigenvalue weighted by atomic mass is 15.1. The van der Waals surface area contributed by atoms with Gasteiger partial charge in [-0.1, -0.05) is 261 Å². The van der Waals surface area contributed by atoms with Crippen LogP contribution in [0.2, 0.25) is 0 Å². The van der Waals surface area contributed by atoms with E-state index in [0.717, 1.165) is 33.8 Å². The van der Waals surface area contributed by atoms with Gasteiger partial charge in [0.2, 0.25) is 0 Å². The third-order valence-corrected chi connectivity index (χ3v) is 14.8. The number of benzene rings is 12. The molecule has 0 unspecified atom stereocenters. The molecule has 0 fully saturated rings. The van der Waals surface area contributed by atoms with Crippen molar-refractivity contribution in [2.24, 2.45) is 0 Å². The van der Waals surface area contributed by atoms with E-state index < -0.39 is 5.41 Å².